The molecule has 0 unspecified atom stereocenters. The van der Waals surface area contributed by atoms with Crippen molar-refractivity contribution in [1.29, 1.82) is 0 Å². The van der Waals surface area contributed by atoms with E-state index in [9.17, 15) is 9.59 Å². The summed E-state index contributed by atoms with van der Waals surface area (Å²) in [6.45, 7) is 0. The molecule has 6 heteroatoms. The molecule has 0 saturated heterocycles. The fourth-order valence-electron chi connectivity index (χ4n) is 2.71. The minimum Gasteiger partial charge on any atom is -0.378 e. The summed E-state index contributed by atoms with van der Waals surface area (Å²) in [7, 11) is 3.96. The van der Waals surface area contributed by atoms with Gasteiger partial charge in [0, 0.05) is 30.9 Å². The molecule has 0 radical (unpaired) electrons. The maximum atomic E-state index is 12.5. The highest BCUT2D eigenvalue weighted by atomic mass is 16.1. The summed E-state index contributed by atoms with van der Waals surface area (Å²) >= 11 is 0. The number of aldehydes is 1. The lowest BCUT2D eigenvalue weighted by molar-refractivity contribution is 0.102. The Morgan fingerprint density at radius 3 is 2.31 bits per heavy atom. The van der Waals surface area contributed by atoms with Gasteiger partial charge in [-0.2, -0.15) is 5.10 Å². The Kier molecular flexibility index (Phi) is 6.37. The zero-order chi connectivity index (χ0) is 20.6. The molecule has 0 aromatic heterocycles. The normalized spacial score (nSPS) is 10.6. The lowest BCUT2D eigenvalue weighted by atomic mass is 10.1. The molecule has 6 nitrogen and oxygen atoms in total. The molecule has 0 atom stereocenters. The second-order valence-corrected chi connectivity index (χ2v) is 6.56. The predicted molar refractivity (Wildman–Crippen MR) is 118 cm³/mol. The van der Waals surface area contributed by atoms with Crippen LogP contribution >= 0.6 is 0 Å². The number of amides is 1. The molecule has 0 fully saturated rings. The Morgan fingerprint density at radius 2 is 1.66 bits per heavy atom. The minimum atomic E-state index is -0.300. The van der Waals surface area contributed by atoms with Crippen LogP contribution in [0.2, 0.25) is 0 Å². The summed E-state index contributed by atoms with van der Waals surface area (Å²) in [5, 5.41) is 7.05. The number of carbonyl (C=O) groups excluding carboxylic acids is 2. The first-order chi connectivity index (χ1) is 14.1. The summed E-state index contributed by atoms with van der Waals surface area (Å²) in [5.74, 6) is -0.300. The summed E-state index contributed by atoms with van der Waals surface area (Å²) in [6.07, 6.45) is 2.38. The van der Waals surface area contributed by atoms with E-state index in [-0.39, 0.29) is 5.91 Å². The zero-order valence-electron chi connectivity index (χ0n) is 16.3. The van der Waals surface area contributed by atoms with Crippen LogP contribution < -0.4 is 15.6 Å². The number of nitrogens with zero attached hydrogens (tertiary/aromatic N) is 2. The van der Waals surface area contributed by atoms with E-state index in [4.69, 9.17) is 0 Å². The van der Waals surface area contributed by atoms with Gasteiger partial charge in [-0.3, -0.25) is 15.0 Å². The van der Waals surface area contributed by atoms with Crippen LogP contribution in [-0.4, -0.2) is 32.5 Å². The lowest BCUT2D eigenvalue weighted by Gasteiger charge is -2.13. The van der Waals surface area contributed by atoms with Crippen molar-refractivity contribution in [1.82, 2.24) is 0 Å². The molecule has 0 saturated carbocycles. The average Bonchev–Trinajstić information content (AvgIpc) is 2.75. The monoisotopic (exact) mass is 386 g/mol. The highest BCUT2D eigenvalue weighted by Crippen LogP contribution is 2.26. The number of hydrogen-bond donors (Lipinski definition) is 2. The average molecular weight is 386 g/mol. The SMILES string of the molecule is CN(C)c1ccc(C=NNc2cccc(C=O)c2NC(=O)c2ccccc2)cc1. The van der Waals surface area contributed by atoms with E-state index in [0.29, 0.717) is 28.8 Å². The van der Waals surface area contributed by atoms with Crippen molar-refractivity contribution in [2.24, 2.45) is 5.10 Å². The van der Waals surface area contributed by atoms with Gasteiger partial charge in [0.05, 0.1) is 17.6 Å². The van der Waals surface area contributed by atoms with Gasteiger partial charge in [0.25, 0.3) is 5.91 Å². The van der Waals surface area contributed by atoms with Crippen LogP contribution in [0.3, 0.4) is 0 Å². The van der Waals surface area contributed by atoms with Crippen molar-refractivity contribution < 1.29 is 9.59 Å². The van der Waals surface area contributed by atoms with Crippen molar-refractivity contribution in [3.05, 3.63) is 89.5 Å². The van der Waals surface area contributed by atoms with E-state index >= 15 is 0 Å². The Bertz CT molecular complexity index is 1010. The first kappa shape index (κ1) is 19.8. The topological polar surface area (TPSA) is 73.8 Å². The second-order valence-electron chi connectivity index (χ2n) is 6.56. The standard InChI is InChI=1S/C23H22N4O2/c1-27(2)20-13-11-17(12-14-20)15-24-26-21-10-6-9-19(16-28)22(21)25-23(29)18-7-4-3-5-8-18/h3-16,26H,1-2H3,(H,25,29). The third-order valence-corrected chi connectivity index (χ3v) is 4.31. The van der Waals surface area contributed by atoms with Crippen molar-refractivity contribution in [3.8, 4) is 0 Å². The molecule has 0 aliphatic carbocycles. The largest absolute Gasteiger partial charge is 0.378 e. The summed E-state index contributed by atoms with van der Waals surface area (Å²) in [6, 6.07) is 21.9. The highest BCUT2D eigenvalue weighted by molar-refractivity contribution is 6.08. The van der Waals surface area contributed by atoms with Crippen LogP contribution in [0.25, 0.3) is 0 Å². The predicted octanol–water partition coefficient (Wildman–Crippen LogP) is 4.26. The van der Waals surface area contributed by atoms with Crippen molar-refractivity contribution >= 4 is 35.5 Å². The van der Waals surface area contributed by atoms with Crippen LogP contribution in [0.1, 0.15) is 26.3 Å². The molecule has 1 amide bonds. The Balaban J connectivity index is 1.78. The van der Waals surface area contributed by atoms with Crippen molar-refractivity contribution in [2.45, 2.75) is 0 Å². The van der Waals surface area contributed by atoms with Crippen molar-refractivity contribution in [3.63, 3.8) is 0 Å². The van der Waals surface area contributed by atoms with Crippen molar-refractivity contribution in [2.75, 3.05) is 29.7 Å². The second kappa shape index (κ2) is 9.32. The zero-order valence-corrected chi connectivity index (χ0v) is 16.3. The lowest BCUT2D eigenvalue weighted by Crippen LogP contribution is -2.14. The number of benzene rings is 3. The Hall–Kier alpha value is -3.93. The molecule has 146 valence electrons. The van der Waals surface area contributed by atoms with E-state index in [1.165, 1.54) is 0 Å². The number of hydrazone groups is 1. The first-order valence-corrected chi connectivity index (χ1v) is 9.09. The molecule has 0 heterocycles. The van der Waals surface area contributed by atoms with E-state index in [2.05, 4.69) is 15.8 Å². The third kappa shape index (κ3) is 5.07. The molecular weight excluding hydrogens is 364 g/mol. The van der Waals surface area contributed by atoms with Gasteiger partial charge in [0.1, 0.15) is 0 Å². The van der Waals surface area contributed by atoms with Gasteiger partial charge in [-0.05, 0) is 42.0 Å². The smallest absolute Gasteiger partial charge is 0.255 e. The van der Waals surface area contributed by atoms with Crippen LogP contribution in [0, 0.1) is 0 Å². The molecule has 0 bridgehead atoms. The van der Waals surface area contributed by atoms with Gasteiger partial charge in [-0.1, -0.05) is 36.4 Å². The number of rotatable bonds is 7. The quantitative estimate of drug-likeness (QED) is 0.361. The summed E-state index contributed by atoms with van der Waals surface area (Å²) < 4.78 is 0. The van der Waals surface area contributed by atoms with E-state index in [1.54, 1.807) is 48.7 Å². The summed E-state index contributed by atoms with van der Waals surface area (Å²) in [5.41, 5.74) is 6.72. The minimum absolute atomic E-state index is 0.300. The van der Waals surface area contributed by atoms with E-state index < -0.39 is 0 Å². The fraction of sp³-hybridized carbons (Fsp3) is 0.0870. The number of carbonyl (C=O) groups is 2. The molecule has 0 aliphatic rings. The van der Waals surface area contributed by atoms with Gasteiger partial charge >= 0.3 is 0 Å². The highest BCUT2D eigenvalue weighted by Gasteiger charge is 2.12. The number of anilines is 3. The van der Waals surface area contributed by atoms with E-state index in [0.717, 1.165) is 11.3 Å². The maximum Gasteiger partial charge on any atom is 0.255 e. The molecule has 0 aliphatic heterocycles. The molecule has 3 aromatic carbocycles. The fourth-order valence-corrected chi connectivity index (χ4v) is 2.71. The number of para-hydroxylation sites is 1. The molecule has 0 spiro atoms. The maximum absolute atomic E-state index is 12.5. The Morgan fingerprint density at radius 1 is 0.931 bits per heavy atom. The summed E-state index contributed by atoms with van der Waals surface area (Å²) in [4.78, 5) is 26.0. The third-order valence-electron chi connectivity index (χ3n) is 4.31. The van der Waals surface area contributed by atoms with Gasteiger partial charge in [-0.25, -0.2) is 0 Å². The molecule has 3 rings (SSSR count). The number of hydrogen-bond acceptors (Lipinski definition) is 5. The molecule has 3 aromatic rings. The van der Waals surface area contributed by atoms with E-state index in [1.807, 2.05) is 49.3 Å². The van der Waals surface area contributed by atoms with Gasteiger partial charge in [0.15, 0.2) is 6.29 Å². The van der Waals surface area contributed by atoms with Gasteiger partial charge in [0.2, 0.25) is 0 Å². The molecule has 29 heavy (non-hydrogen) atoms. The first-order valence-electron chi connectivity index (χ1n) is 9.09. The van der Waals surface area contributed by atoms with Gasteiger partial charge < -0.3 is 10.2 Å². The Labute approximate surface area is 169 Å². The molecular formula is C23H22N4O2. The van der Waals surface area contributed by atoms with Crippen LogP contribution in [0.5, 0.6) is 0 Å². The van der Waals surface area contributed by atoms with Crippen LogP contribution in [0.4, 0.5) is 17.1 Å². The van der Waals surface area contributed by atoms with Crippen LogP contribution in [-0.2, 0) is 0 Å². The molecule has 2 N–H and O–H groups in total. The van der Waals surface area contributed by atoms with Gasteiger partial charge in [-0.15, -0.1) is 0 Å². The van der Waals surface area contributed by atoms with Crippen LogP contribution in [0.15, 0.2) is 77.9 Å². The number of nitrogens with one attached hydrogen (secondary N) is 2.